The van der Waals surface area contributed by atoms with Crippen LogP contribution in [-0.2, 0) is 14.3 Å². The molecule has 0 aromatic heterocycles. The Morgan fingerprint density at radius 2 is 2.19 bits per heavy atom. The standard InChI is InChI=1S/C14H15FN2O4/c1-16-13(18)9-4-3-8(7-10(9)15)17-11-5-6-21-12(11)14(19)20-2/h3-5,7,12,17H,6H2,1-2H3,(H,16,18). The zero-order chi connectivity index (χ0) is 15.4. The lowest BCUT2D eigenvalue weighted by Gasteiger charge is -2.14. The van der Waals surface area contributed by atoms with Crippen molar-refractivity contribution in [2.45, 2.75) is 6.10 Å². The Labute approximate surface area is 120 Å². The molecule has 1 heterocycles. The van der Waals surface area contributed by atoms with Crippen LogP contribution in [-0.4, -0.2) is 38.7 Å². The molecular weight excluding hydrogens is 279 g/mol. The molecule has 1 aliphatic heterocycles. The molecule has 1 aromatic carbocycles. The molecule has 0 saturated heterocycles. The Hall–Kier alpha value is -2.41. The van der Waals surface area contributed by atoms with Crippen LogP contribution in [0.3, 0.4) is 0 Å². The number of esters is 1. The number of nitrogens with one attached hydrogen (secondary N) is 2. The summed E-state index contributed by atoms with van der Waals surface area (Å²) in [5, 5.41) is 5.25. The molecule has 2 rings (SSSR count). The van der Waals surface area contributed by atoms with Gasteiger partial charge in [0.25, 0.3) is 5.91 Å². The maximum atomic E-state index is 13.8. The molecule has 1 unspecified atom stereocenters. The van der Waals surface area contributed by atoms with E-state index in [2.05, 4.69) is 15.4 Å². The second-order valence-electron chi connectivity index (χ2n) is 4.29. The summed E-state index contributed by atoms with van der Waals surface area (Å²) < 4.78 is 23.7. The van der Waals surface area contributed by atoms with Gasteiger partial charge in [-0.2, -0.15) is 0 Å². The summed E-state index contributed by atoms with van der Waals surface area (Å²) in [6.45, 7) is 0.265. The highest BCUT2D eigenvalue weighted by Crippen LogP contribution is 2.21. The van der Waals surface area contributed by atoms with Gasteiger partial charge in [0.15, 0.2) is 6.10 Å². The molecule has 1 aliphatic rings. The summed E-state index contributed by atoms with van der Waals surface area (Å²) in [4.78, 5) is 22.9. The minimum Gasteiger partial charge on any atom is -0.467 e. The highest BCUT2D eigenvalue weighted by molar-refractivity contribution is 5.94. The predicted octanol–water partition coefficient (Wildman–Crippen LogP) is 1.05. The Bertz CT molecular complexity index is 601. The van der Waals surface area contributed by atoms with E-state index < -0.39 is 23.8 Å². The molecule has 0 saturated carbocycles. The van der Waals surface area contributed by atoms with Crippen molar-refractivity contribution in [2.75, 3.05) is 26.1 Å². The molecule has 0 aliphatic carbocycles. The Kier molecular flexibility index (Phi) is 4.54. The molecule has 0 spiro atoms. The van der Waals surface area contributed by atoms with Gasteiger partial charge in [-0.15, -0.1) is 0 Å². The highest BCUT2D eigenvalue weighted by Gasteiger charge is 2.28. The third kappa shape index (κ3) is 3.19. The summed E-state index contributed by atoms with van der Waals surface area (Å²) in [6, 6.07) is 4.08. The third-order valence-electron chi connectivity index (χ3n) is 2.99. The first-order valence-corrected chi connectivity index (χ1v) is 6.25. The highest BCUT2D eigenvalue weighted by atomic mass is 19.1. The van der Waals surface area contributed by atoms with Crippen molar-refractivity contribution in [2.24, 2.45) is 0 Å². The second kappa shape index (κ2) is 6.36. The molecule has 0 fully saturated rings. The van der Waals surface area contributed by atoms with Gasteiger partial charge in [0.05, 0.1) is 25.0 Å². The van der Waals surface area contributed by atoms with Crippen LogP contribution >= 0.6 is 0 Å². The lowest BCUT2D eigenvalue weighted by atomic mass is 10.1. The molecule has 1 aromatic rings. The van der Waals surface area contributed by atoms with Crippen molar-refractivity contribution >= 4 is 17.6 Å². The topological polar surface area (TPSA) is 76.7 Å². The van der Waals surface area contributed by atoms with E-state index in [0.717, 1.165) is 0 Å². The van der Waals surface area contributed by atoms with Gasteiger partial charge in [0.2, 0.25) is 0 Å². The maximum absolute atomic E-state index is 13.8. The number of methoxy groups -OCH3 is 1. The van der Waals surface area contributed by atoms with E-state index in [1.807, 2.05) is 0 Å². The molecule has 21 heavy (non-hydrogen) atoms. The van der Waals surface area contributed by atoms with Crippen molar-refractivity contribution in [3.63, 3.8) is 0 Å². The van der Waals surface area contributed by atoms with Crippen LogP contribution in [0.4, 0.5) is 10.1 Å². The van der Waals surface area contributed by atoms with E-state index >= 15 is 0 Å². The van der Waals surface area contributed by atoms with Crippen LogP contribution in [0.5, 0.6) is 0 Å². The number of amides is 1. The van der Waals surface area contributed by atoms with Crippen molar-refractivity contribution in [3.05, 3.63) is 41.4 Å². The first-order valence-electron chi connectivity index (χ1n) is 6.25. The molecule has 1 amide bonds. The van der Waals surface area contributed by atoms with Crippen LogP contribution in [0.25, 0.3) is 0 Å². The van der Waals surface area contributed by atoms with Gasteiger partial charge in [0.1, 0.15) is 5.82 Å². The lowest BCUT2D eigenvalue weighted by Crippen LogP contribution is -2.27. The molecule has 2 N–H and O–H groups in total. The van der Waals surface area contributed by atoms with Crippen molar-refractivity contribution in [3.8, 4) is 0 Å². The van der Waals surface area contributed by atoms with Gasteiger partial charge in [-0.25, -0.2) is 9.18 Å². The van der Waals surface area contributed by atoms with E-state index in [9.17, 15) is 14.0 Å². The summed E-state index contributed by atoms with van der Waals surface area (Å²) in [5.41, 5.74) is 0.837. The molecule has 7 heteroatoms. The molecule has 0 radical (unpaired) electrons. The SMILES string of the molecule is CNC(=O)c1ccc(NC2=CCOC2C(=O)OC)cc1F. The number of carbonyl (C=O) groups excluding carboxylic acids is 2. The van der Waals surface area contributed by atoms with Crippen LogP contribution in [0.1, 0.15) is 10.4 Å². The fourth-order valence-electron chi connectivity index (χ4n) is 1.93. The number of carbonyl (C=O) groups is 2. The number of ether oxygens (including phenoxy) is 2. The fraction of sp³-hybridized carbons (Fsp3) is 0.286. The van der Waals surface area contributed by atoms with Crippen LogP contribution < -0.4 is 10.6 Å². The molecule has 0 bridgehead atoms. The number of rotatable bonds is 4. The van der Waals surface area contributed by atoms with E-state index in [0.29, 0.717) is 11.4 Å². The lowest BCUT2D eigenvalue weighted by molar-refractivity contribution is -0.149. The van der Waals surface area contributed by atoms with Gasteiger partial charge in [-0.1, -0.05) is 0 Å². The Balaban J connectivity index is 2.15. The fourth-order valence-corrected chi connectivity index (χ4v) is 1.93. The quantitative estimate of drug-likeness (QED) is 0.812. The largest absolute Gasteiger partial charge is 0.467 e. The van der Waals surface area contributed by atoms with Gasteiger partial charge < -0.3 is 20.1 Å². The maximum Gasteiger partial charge on any atom is 0.341 e. The van der Waals surface area contributed by atoms with Crippen LogP contribution in [0.2, 0.25) is 0 Å². The first kappa shape index (κ1) is 15.0. The zero-order valence-electron chi connectivity index (χ0n) is 11.6. The monoisotopic (exact) mass is 294 g/mol. The molecule has 6 nitrogen and oxygen atoms in total. The zero-order valence-corrected chi connectivity index (χ0v) is 11.6. The minimum atomic E-state index is -0.850. The Morgan fingerprint density at radius 3 is 2.81 bits per heavy atom. The van der Waals surface area contributed by atoms with Gasteiger partial charge >= 0.3 is 5.97 Å². The summed E-state index contributed by atoms with van der Waals surface area (Å²) in [5.74, 6) is -1.70. The molecule has 1 atom stereocenters. The summed E-state index contributed by atoms with van der Waals surface area (Å²) in [7, 11) is 2.69. The number of hydrogen-bond acceptors (Lipinski definition) is 5. The smallest absolute Gasteiger partial charge is 0.341 e. The second-order valence-corrected chi connectivity index (χ2v) is 4.29. The van der Waals surface area contributed by atoms with Crippen molar-refractivity contribution in [1.82, 2.24) is 5.32 Å². The van der Waals surface area contributed by atoms with E-state index in [-0.39, 0.29) is 12.2 Å². The van der Waals surface area contributed by atoms with Gasteiger partial charge in [-0.3, -0.25) is 4.79 Å². The van der Waals surface area contributed by atoms with Gasteiger partial charge in [-0.05, 0) is 24.3 Å². The van der Waals surface area contributed by atoms with Crippen LogP contribution in [0, 0.1) is 5.82 Å². The number of benzene rings is 1. The number of anilines is 1. The first-order chi connectivity index (χ1) is 10.1. The summed E-state index contributed by atoms with van der Waals surface area (Å²) >= 11 is 0. The van der Waals surface area contributed by atoms with Gasteiger partial charge in [0, 0.05) is 12.7 Å². The predicted molar refractivity (Wildman–Crippen MR) is 73.3 cm³/mol. The van der Waals surface area contributed by atoms with E-state index in [4.69, 9.17) is 4.74 Å². The van der Waals surface area contributed by atoms with Crippen molar-refractivity contribution in [1.29, 1.82) is 0 Å². The molecule has 112 valence electrons. The van der Waals surface area contributed by atoms with E-state index in [1.54, 1.807) is 12.1 Å². The van der Waals surface area contributed by atoms with E-state index in [1.165, 1.54) is 26.3 Å². The summed E-state index contributed by atoms with van der Waals surface area (Å²) in [6.07, 6.45) is 0.822. The molecular formula is C14H15FN2O4. The average molecular weight is 294 g/mol. The number of halogens is 1. The Morgan fingerprint density at radius 1 is 1.43 bits per heavy atom. The third-order valence-corrected chi connectivity index (χ3v) is 2.99. The number of hydrogen-bond donors (Lipinski definition) is 2. The normalized spacial score (nSPS) is 17.1. The van der Waals surface area contributed by atoms with Crippen LogP contribution in [0.15, 0.2) is 30.0 Å². The minimum absolute atomic E-state index is 0.0516. The average Bonchev–Trinajstić information content (AvgIpc) is 2.94. The van der Waals surface area contributed by atoms with Crippen molar-refractivity contribution < 1.29 is 23.5 Å².